The Hall–Kier alpha value is -2.24. The van der Waals surface area contributed by atoms with E-state index in [0.29, 0.717) is 22.8 Å². The first-order chi connectivity index (χ1) is 11.1. The number of azo groups is 1. The van der Waals surface area contributed by atoms with Gasteiger partial charge in [0, 0.05) is 17.0 Å². The fraction of sp³-hybridized carbons (Fsp3) is 0.125. The molecule has 0 bridgehead atoms. The van der Waals surface area contributed by atoms with Gasteiger partial charge in [0.25, 0.3) is 0 Å². The molecule has 0 saturated carbocycles. The molecule has 1 aliphatic heterocycles. The summed E-state index contributed by atoms with van der Waals surface area (Å²) < 4.78 is 0. The van der Waals surface area contributed by atoms with E-state index >= 15 is 0 Å². The first kappa shape index (κ1) is 15.6. The van der Waals surface area contributed by atoms with Gasteiger partial charge in [0.2, 0.25) is 0 Å². The van der Waals surface area contributed by atoms with Crippen LogP contribution in [0.4, 0.5) is 0 Å². The molecule has 2 aromatic carbocycles. The van der Waals surface area contributed by atoms with Crippen LogP contribution in [0.15, 0.2) is 62.9 Å². The highest BCUT2D eigenvalue weighted by Crippen LogP contribution is 2.30. The zero-order chi connectivity index (χ0) is 16.2. The topological polar surface area (TPSA) is 69.7 Å². The molecule has 0 amide bonds. The largest absolute Gasteiger partial charge is 0.506 e. The first-order valence-electron chi connectivity index (χ1n) is 6.87. The van der Waals surface area contributed by atoms with Crippen molar-refractivity contribution in [1.82, 2.24) is 0 Å². The molecule has 0 aromatic heterocycles. The van der Waals surface area contributed by atoms with Crippen LogP contribution in [-0.2, 0) is 0 Å². The monoisotopic (exact) mass is 346 g/mol. The Bertz CT molecular complexity index is 803. The van der Waals surface area contributed by atoms with Crippen LogP contribution in [0, 0.1) is 0 Å². The van der Waals surface area contributed by atoms with Crippen molar-refractivity contribution in [2.24, 2.45) is 20.4 Å². The predicted octanol–water partition coefficient (Wildman–Crippen LogP) is 5.03. The smallest absolute Gasteiger partial charge is 0.175 e. The molecule has 23 heavy (non-hydrogen) atoms. The normalized spacial score (nSPS) is 19.0. The highest BCUT2D eigenvalue weighted by atomic mass is 35.5. The summed E-state index contributed by atoms with van der Waals surface area (Å²) in [5.74, 6) is 0.443. The van der Waals surface area contributed by atoms with Gasteiger partial charge in [-0.1, -0.05) is 53.5 Å². The van der Waals surface area contributed by atoms with Crippen molar-refractivity contribution < 1.29 is 5.11 Å². The van der Waals surface area contributed by atoms with Crippen LogP contribution >= 0.6 is 23.2 Å². The van der Waals surface area contributed by atoms with Crippen LogP contribution in [0.1, 0.15) is 23.6 Å². The molecule has 0 fully saturated rings. The second-order valence-corrected chi connectivity index (χ2v) is 5.78. The molecule has 3 rings (SSSR count). The van der Waals surface area contributed by atoms with E-state index in [1.807, 2.05) is 30.3 Å². The Morgan fingerprint density at radius 3 is 2.74 bits per heavy atom. The molecule has 2 aromatic rings. The van der Waals surface area contributed by atoms with E-state index in [2.05, 4.69) is 20.4 Å². The number of halogens is 2. The minimum absolute atomic E-state index is 0.0285. The standard InChI is InChI=1S/C16H12Cl2N4O/c17-12-6-11(16(23)13(18)7-12)9-19-21-15-8-14(20-22-15)10-4-2-1-3-5-10/h1-7,9,14,23H,8H2/b19-9+,21-15-/t14-/m1/s1. The van der Waals surface area contributed by atoms with E-state index in [4.69, 9.17) is 23.2 Å². The molecule has 0 saturated heterocycles. The molecule has 1 atom stereocenters. The summed E-state index contributed by atoms with van der Waals surface area (Å²) in [4.78, 5) is 0. The fourth-order valence-electron chi connectivity index (χ4n) is 2.15. The van der Waals surface area contributed by atoms with Gasteiger partial charge in [0.15, 0.2) is 5.84 Å². The summed E-state index contributed by atoms with van der Waals surface area (Å²) in [7, 11) is 0. The van der Waals surface area contributed by atoms with Gasteiger partial charge in [-0.05, 0) is 17.7 Å². The average Bonchev–Trinajstić information content (AvgIpc) is 3.02. The lowest BCUT2D eigenvalue weighted by molar-refractivity contribution is 0.474. The van der Waals surface area contributed by atoms with Crippen LogP contribution in [0.3, 0.4) is 0 Å². The Labute approximate surface area is 143 Å². The fourth-order valence-corrected chi connectivity index (χ4v) is 2.66. The number of amidine groups is 1. The number of hydrogen-bond donors (Lipinski definition) is 1. The van der Waals surface area contributed by atoms with Gasteiger partial charge in [0.05, 0.1) is 11.2 Å². The molecule has 1 N–H and O–H groups in total. The lowest BCUT2D eigenvalue weighted by Crippen LogP contribution is -1.95. The van der Waals surface area contributed by atoms with Crippen molar-refractivity contribution in [1.29, 1.82) is 0 Å². The molecule has 0 spiro atoms. The molecule has 116 valence electrons. The van der Waals surface area contributed by atoms with Crippen LogP contribution in [0.25, 0.3) is 0 Å². The molecule has 0 unspecified atom stereocenters. The maximum Gasteiger partial charge on any atom is 0.175 e. The highest BCUT2D eigenvalue weighted by molar-refractivity contribution is 6.36. The minimum Gasteiger partial charge on any atom is -0.506 e. The zero-order valence-electron chi connectivity index (χ0n) is 11.9. The van der Waals surface area contributed by atoms with Crippen LogP contribution in [0.2, 0.25) is 10.0 Å². The number of aromatic hydroxyl groups is 1. The number of phenolic OH excluding ortho intramolecular Hbond substituents is 1. The second-order valence-electron chi connectivity index (χ2n) is 4.93. The van der Waals surface area contributed by atoms with Crippen molar-refractivity contribution in [3.63, 3.8) is 0 Å². The Kier molecular flexibility index (Phi) is 4.69. The quantitative estimate of drug-likeness (QED) is 0.614. The Balaban J connectivity index is 1.71. The zero-order valence-corrected chi connectivity index (χ0v) is 13.4. The van der Waals surface area contributed by atoms with Gasteiger partial charge >= 0.3 is 0 Å². The van der Waals surface area contributed by atoms with E-state index in [1.54, 1.807) is 6.07 Å². The number of nitrogens with zero attached hydrogens (tertiary/aromatic N) is 4. The Morgan fingerprint density at radius 1 is 1.17 bits per heavy atom. The summed E-state index contributed by atoms with van der Waals surface area (Å²) in [5.41, 5.74) is 1.48. The highest BCUT2D eigenvalue weighted by Gasteiger charge is 2.19. The number of benzene rings is 2. The van der Waals surface area contributed by atoms with Crippen molar-refractivity contribution in [2.45, 2.75) is 12.5 Å². The Morgan fingerprint density at radius 2 is 1.96 bits per heavy atom. The molecule has 7 heteroatoms. The van der Waals surface area contributed by atoms with Crippen molar-refractivity contribution in [3.8, 4) is 5.75 Å². The van der Waals surface area contributed by atoms with E-state index < -0.39 is 0 Å². The lowest BCUT2D eigenvalue weighted by atomic mass is 10.1. The van der Waals surface area contributed by atoms with Gasteiger partial charge in [-0.15, -0.1) is 10.2 Å². The molecular weight excluding hydrogens is 335 g/mol. The minimum atomic E-state index is -0.0878. The van der Waals surface area contributed by atoms with Crippen molar-refractivity contribution in [3.05, 3.63) is 63.6 Å². The number of phenols is 1. The SMILES string of the molecule is Oc1c(Cl)cc(Cl)cc1/C=N/N=C1/C[C@H](c2ccccc2)N=N1. The molecule has 1 heterocycles. The average molecular weight is 347 g/mol. The third kappa shape index (κ3) is 3.75. The third-order valence-corrected chi connectivity index (χ3v) is 3.81. The van der Waals surface area contributed by atoms with Gasteiger partial charge in [-0.2, -0.15) is 10.2 Å². The van der Waals surface area contributed by atoms with Gasteiger partial charge in [0.1, 0.15) is 11.8 Å². The summed E-state index contributed by atoms with van der Waals surface area (Å²) >= 11 is 11.7. The van der Waals surface area contributed by atoms with Crippen LogP contribution < -0.4 is 0 Å². The lowest BCUT2D eigenvalue weighted by Gasteiger charge is -2.03. The van der Waals surface area contributed by atoms with Crippen LogP contribution in [0.5, 0.6) is 5.75 Å². The summed E-state index contributed by atoms with van der Waals surface area (Å²) in [6.07, 6.45) is 1.97. The molecule has 5 nitrogen and oxygen atoms in total. The second kappa shape index (κ2) is 6.89. The molecule has 0 radical (unpaired) electrons. The van der Waals surface area contributed by atoms with Crippen LogP contribution in [-0.4, -0.2) is 17.2 Å². The maximum absolute atomic E-state index is 9.83. The van der Waals surface area contributed by atoms with E-state index in [0.717, 1.165) is 5.56 Å². The molecule has 1 aliphatic rings. The number of rotatable bonds is 3. The summed E-state index contributed by atoms with van der Waals surface area (Å²) in [6.45, 7) is 0. The van der Waals surface area contributed by atoms with E-state index in [1.165, 1.54) is 12.3 Å². The molecular formula is C16H12Cl2N4O. The summed E-state index contributed by atoms with van der Waals surface area (Å²) in [6, 6.07) is 12.9. The van der Waals surface area contributed by atoms with E-state index in [9.17, 15) is 5.11 Å². The van der Waals surface area contributed by atoms with Crippen molar-refractivity contribution in [2.75, 3.05) is 0 Å². The van der Waals surface area contributed by atoms with Gasteiger partial charge < -0.3 is 5.11 Å². The van der Waals surface area contributed by atoms with Gasteiger partial charge in [-0.25, -0.2) is 0 Å². The summed E-state index contributed by atoms with van der Waals surface area (Å²) in [5, 5.41) is 26.6. The first-order valence-corrected chi connectivity index (χ1v) is 7.63. The maximum atomic E-state index is 9.83. The predicted molar refractivity (Wildman–Crippen MR) is 91.8 cm³/mol. The van der Waals surface area contributed by atoms with Crippen molar-refractivity contribution >= 4 is 35.3 Å². The third-order valence-electron chi connectivity index (χ3n) is 3.30. The molecule has 0 aliphatic carbocycles. The van der Waals surface area contributed by atoms with E-state index in [-0.39, 0.29) is 16.8 Å². The van der Waals surface area contributed by atoms with Gasteiger partial charge in [-0.3, -0.25) is 0 Å². The number of hydrogen-bond acceptors (Lipinski definition) is 4.